The molecule has 1 N–H and O–H groups in total. The summed E-state index contributed by atoms with van der Waals surface area (Å²) in [6.07, 6.45) is 2.59. The summed E-state index contributed by atoms with van der Waals surface area (Å²) in [5.74, 6) is -0.159. The van der Waals surface area contributed by atoms with Crippen molar-refractivity contribution >= 4 is 5.97 Å². The number of halogens is 1. The molecule has 1 aromatic carbocycles. The van der Waals surface area contributed by atoms with Gasteiger partial charge in [0.1, 0.15) is 5.82 Å². The largest absolute Gasteiger partial charge is 0.481 e. The number of carbonyl (C=O) groups is 1. The van der Waals surface area contributed by atoms with Gasteiger partial charge in [-0.2, -0.15) is 0 Å². The normalized spacial score (nSPS) is 26.8. The van der Waals surface area contributed by atoms with Gasteiger partial charge in [-0.25, -0.2) is 4.39 Å². The van der Waals surface area contributed by atoms with Gasteiger partial charge >= 0.3 is 5.97 Å². The first-order chi connectivity index (χ1) is 9.40. The molecule has 1 aromatic rings. The number of rotatable bonds is 3. The van der Waals surface area contributed by atoms with Crippen molar-refractivity contribution in [2.45, 2.75) is 46.0 Å². The molecular formula is C17H23FO2. The van der Waals surface area contributed by atoms with Crippen molar-refractivity contribution in [1.82, 2.24) is 0 Å². The molecule has 0 amide bonds. The standard InChI is InChI=1S/C17H23FO2/c1-10(2)12-4-6-14(17(19)20)15(9-12)13-5-7-16(18)11(3)8-13/h5,7-8,10,12,14-15H,4,6,9H2,1-3H3,(H,19,20). The molecule has 110 valence electrons. The second-order valence-electron chi connectivity index (χ2n) is 6.38. The van der Waals surface area contributed by atoms with Crippen LogP contribution < -0.4 is 0 Å². The van der Waals surface area contributed by atoms with Crippen molar-refractivity contribution in [3.63, 3.8) is 0 Å². The van der Waals surface area contributed by atoms with E-state index in [0.717, 1.165) is 24.8 Å². The van der Waals surface area contributed by atoms with Gasteiger partial charge in [0.2, 0.25) is 0 Å². The maximum atomic E-state index is 13.4. The van der Waals surface area contributed by atoms with E-state index in [-0.39, 0.29) is 17.7 Å². The lowest BCUT2D eigenvalue weighted by Crippen LogP contribution is -2.31. The molecule has 1 saturated carbocycles. The lowest BCUT2D eigenvalue weighted by molar-refractivity contribution is -0.144. The number of benzene rings is 1. The summed E-state index contributed by atoms with van der Waals surface area (Å²) in [5, 5.41) is 9.44. The van der Waals surface area contributed by atoms with E-state index in [4.69, 9.17) is 0 Å². The number of hydrogen-bond donors (Lipinski definition) is 1. The molecule has 0 aliphatic heterocycles. The first kappa shape index (κ1) is 15.0. The Kier molecular flexibility index (Phi) is 4.46. The van der Waals surface area contributed by atoms with Crippen LogP contribution >= 0.6 is 0 Å². The van der Waals surface area contributed by atoms with Crippen LogP contribution in [0.1, 0.15) is 50.2 Å². The van der Waals surface area contributed by atoms with Crippen LogP contribution in [0.2, 0.25) is 0 Å². The fraction of sp³-hybridized carbons (Fsp3) is 0.588. The molecule has 3 unspecified atom stereocenters. The van der Waals surface area contributed by atoms with Crippen molar-refractivity contribution in [2.24, 2.45) is 17.8 Å². The van der Waals surface area contributed by atoms with E-state index in [0.29, 0.717) is 17.4 Å². The molecule has 1 aliphatic rings. The minimum Gasteiger partial charge on any atom is -0.481 e. The molecule has 0 saturated heterocycles. The van der Waals surface area contributed by atoms with E-state index in [2.05, 4.69) is 13.8 Å². The second kappa shape index (κ2) is 5.94. The molecule has 20 heavy (non-hydrogen) atoms. The lowest BCUT2D eigenvalue weighted by Gasteiger charge is -2.36. The summed E-state index contributed by atoms with van der Waals surface area (Å²) in [6, 6.07) is 5.03. The van der Waals surface area contributed by atoms with Crippen LogP contribution in [0.25, 0.3) is 0 Å². The summed E-state index contributed by atoms with van der Waals surface area (Å²) in [6.45, 7) is 6.12. The fourth-order valence-electron chi connectivity index (χ4n) is 3.37. The highest BCUT2D eigenvalue weighted by Gasteiger charge is 2.36. The van der Waals surface area contributed by atoms with Gasteiger partial charge in [-0.1, -0.05) is 26.0 Å². The van der Waals surface area contributed by atoms with E-state index < -0.39 is 5.97 Å². The van der Waals surface area contributed by atoms with Crippen LogP contribution in [0.4, 0.5) is 4.39 Å². The number of aliphatic carboxylic acids is 1. The molecule has 3 atom stereocenters. The minimum absolute atomic E-state index is 0.00736. The van der Waals surface area contributed by atoms with Crippen molar-refractivity contribution in [2.75, 3.05) is 0 Å². The van der Waals surface area contributed by atoms with Gasteiger partial charge in [-0.05, 0) is 61.1 Å². The lowest BCUT2D eigenvalue weighted by atomic mass is 9.68. The Morgan fingerprint density at radius 3 is 2.60 bits per heavy atom. The van der Waals surface area contributed by atoms with Crippen molar-refractivity contribution < 1.29 is 14.3 Å². The number of hydrogen-bond acceptors (Lipinski definition) is 1. The van der Waals surface area contributed by atoms with Crippen molar-refractivity contribution in [3.05, 3.63) is 35.1 Å². The molecule has 0 heterocycles. The van der Waals surface area contributed by atoms with Gasteiger partial charge in [-0.3, -0.25) is 4.79 Å². The van der Waals surface area contributed by atoms with Crippen LogP contribution in [0.3, 0.4) is 0 Å². The Labute approximate surface area is 120 Å². The highest BCUT2D eigenvalue weighted by molar-refractivity contribution is 5.71. The first-order valence-electron chi connectivity index (χ1n) is 7.39. The zero-order chi connectivity index (χ0) is 14.9. The van der Waals surface area contributed by atoms with E-state index in [1.807, 2.05) is 6.07 Å². The molecule has 3 heteroatoms. The summed E-state index contributed by atoms with van der Waals surface area (Å²) < 4.78 is 13.4. The summed E-state index contributed by atoms with van der Waals surface area (Å²) in [5.41, 5.74) is 1.57. The monoisotopic (exact) mass is 278 g/mol. The Morgan fingerprint density at radius 1 is 1.35 bits per heavy atom. The highest BCUT2D eigenvalue weighted by Crippen LogP contribution is 2.43. The third-order valence-corrected chi connectivity index (χ3v) is 4.76. The zero-order valence-electron chi connectivity index (χ0n) is 12.4. The van der Waals surface area contributed by atoms with E-state index in [9.17, 15) is 14.3 Å². The first-order valence-corrected chi connectivity index (χ1v) is 7.39. The summed E-state index contributed by atoms with van der Waals surface area (Å²) in [7, 11) is 0. The molecule has 2 rings (SSSR count). The Balaban J connectivity index is 2.31. The third kappa shape index (κ3) is 3.02. The van der Waals surface area contributed by atoms with Crippen molar-refractivity contribution in [1.29, 1.82) is 0 Å². The minimum atomic E-state index is -0.723. The Morgan fingerprint density at radius 2 is 2.05 bits per heavy atom. The smallest absolute Gasteiger partial charge is 0.307 e. The fourth-order valence-corrected chi connectivity index (χ4v) is 3.37. The van der Waals surface area contributed by atoms with Crippen molar-refractivity contribution in [3.8, 4) is 0 Å². The Bertz CT molecular complexity index is 496. The molecule has 0 spiro atoms. The molecule has 1 fully saturated rings. The zero-order valence-corrected chi connectivity index (χ0v) is 12.4. The van der Waals surface area contributed by atoms with Gasteiger partial charge in [0.25, 0.3) is 0 Å². The number of carboxylic acid groups (broad SMARTS) is 1. The molecule has 1 aliphatic carbocycles. The van der Waals surface area contributed by atoms with Crippen LogP contribution in [-0.4, -0.2) is 11.1 Å². The van der Waals surface area contributed by atoms with Crippen LogP contribution in [0, 0.1) is 30.5 Å². The van der Waals surface area contributed by atoms with Crippen LogP contribution in [0.15, 0.2) is 18.2 Å². The topological polar surface area (TPSA) is 37.3 Å². The van der Waals surface area contributed by atoms with Gasteiger partial charge in [-0.15, -0.1) is 0 Å². The molecular weight excluding hydrogens is 255 g/mol. The predicted octanol–water partition coefficient (Wildman–Crippen LogP) is 4.37. The maximum absolute atomic E-state index is 13.4. The maximum Gasteiger partial charge on any atom is 0.307 e. The number of carboxylic acids is 1. The average molecular weight is 278 g/mol. The Hall–Kier alpha value is -1.38. The SMILES string of the molecule is Cc1cc(C2CC(C(C)C)CCC2C(=O)O)ccc1F. The molecule has 0 bridgehead atoms. The van der Waals surface area contributed by atoms with Crippen LogP contribution in [0.5, 0.6) is 0 Å². The summed E-state index contributed by atoms with van der Waals surface area (Å²) >= 11 is 0. The second-order valence-corrected chi connectivity index (χ2v) is 6.38. The molecule has 0 aromatic heterocycles. The third-order valence-electron chi connectivity index (χ3n) is 4.76. The highest BCUT2D eigenvalue weighted by atomic mass is 19.1. The molecule has 2 nitrogen and oxygen atoms in total. The summed E-state index contributed by atoms with van der Waals surface area (Å²) in [4.78, 5) is 11.5. The van der Waals surface area contributed by atoms with Gasteiger partial charge in [0.15, 0.2) is 0 Å². The van der Waals surface area contributed by atoms with Crippen LogP contribution in [-0.2, 0) is 4.79 Å². The molecule has 0 radical (unpaired) electrons. The predicted molar refractivity (Wildman–Crippen MR) is 77.2 cm³/mol. The number of aryl methyl sites for hydroxylation is 1. The van der Waals surface area contributed by atoms with Gasteiger partial charge in [0, 0.05) is 0 Å². The quantitative estimate of drug-likeness (QED) is 0.891. The average Bonchev–Trinajstić information content (AvgIpc) is 2.41. The van der Waals surface area contributed by atoms with E-state index >= 15 is 0 Å². The van der Waals surface area contributed by atoms with E-state index in [1.54, 1.807) is 13.0 Å². The van der Waals surface area contributed by atoms with Gasteiger partial charge < -0.3 is 5.11 Å². The van der Waals surface area contributed by atoms with Gasteiger partial charge in [0.05, 0.1) is 5.92 Å². The van der Waals surface area contributed by atoms with E-state index in [1.165, 1.54) is 6.07 Å².